The Morgan fingerprint density at radius 3 is 3.08 bits per heavy atom. The van der Waals surface area contributed by atoms with Crippen molar-refractivity contribution in [3.63, 3.8) is 0 Å². The van der Waals surface area contributed by atoms with E-state index in [2.05, 4.69) is 17.6 Å². The van der Waals surface area contributed by atoms with Gasteiger partial charge in [-0.3, -0.25) is 0 Å². The SMILES string of the molecule is NCC(S)c1nccn1[N+](=O)[O-]. The number of aromatic nitrogens is 2. The number of rotatable bonds is 3. The lowest BCUT2D eigenvalue weighted by atomic mass is 10.4. The van der Waals surface area contributed by atoms with Gasteiger partial charge in [-0.25, -0.2) is 15.1 Å². The summed E-state index contributed by atoms with van der Waals surface area (Å²) in [4.78, 5) is 14.1. The fourth-order valence-corrected chi connectivity index (χ4v) is 0.976. The van der Waals surface area contributed by atoms with Gasteiger partial charge in [-0.1, -0.05) is 4.68 Å². The van der Waals surface area contributed by atoms with Crippen molar-refractivity contribution in [2.24, 2.45) is 5.73 Å². The molecule has 0 saturated carbocycles. The summed E-state index contributed by atoms with van der Waals surface area (Å²) >= 11 is 4.04. The smallest absolute Gasteiger partial charge is 0.189 e. The second-order valence-electron chi connectivity index (χ2n) is 2.12. The van der Waals surface area contributed by atoms with Crippen molar-refractivity contribution < 1.29 is 5.03 Å². The molecule has 0 aliphatic rings. The predicted molar refractivity (Wildman–Crippen MR) is 45.4 cm³/mol. The third kappa shape index (κ3) is 1.56. The van der Waals surface area contributed by atoms with Gasteiger partial charge in [-0.2, -0.15) is 12.6 Å². The van der Waals surface area contributed by atoms with E-state index in [1.165, 1.54) is 12.4 Å². The van der Waals surface area contributed by atoms with Gasteiger partial charge in [0.1, 0.15) is 0 Å². The number of nitrogens with zero attached hydrogens (tertiary/aromatic N) is 3. The van der Waals surface area contributed by atoms with E-state index in [-0.39, 0.29) is 12.4 Å². The van der Waals surface area contributed by atoms with Crippen molar-refractivity contribution in [2.45, 2.75) is 5.25 Å². The van der Waals surface area contributed by atoms with Crippen LogP contribution >= 0.6 is 12.6 Å². The zero-order chi connectivity index (χ0) is 9.14. The lowest BCUT2D eigenvalue weighted by Gasteiger charge is -2.03. The van der Waals surface area contributed by atoms with Gasteiger partial charge in [-0.15, -0.1) is 0 Å². The van der Waals surface area contributed by atoms with Gasteiger partial charge in [0.15, 0.2) is 10.9 Å². The maximum atomic E-state index is 10.4. The molecule has 0 saturated heterocycles. The molecule has 1 aromatic rings. The molecule has 0 amide bonds. The highest BCUT2D eigenvalue weighted by molar-refractivity contribution is 7.80. The molecule has 0 aromatic carbocycles. The summed E-state index contributed by atoms with van der Waals surface area (Å²) in [5, 5.41) is 9.39. The van der Waals surface area contributed by atoms with Gasteiger partial charge in [0.25, 0.3) is 0 Å². The first-order valence-corrected chi connectivity index (χ1v) is 3.74. The minimum absolute atomic E-state index is 0.216. The quantitative estimate of drug-likeness (QED) is 0.392. The van der Waals surface area contributed by atoms with Crippen LogP contribution in [0.4, 0.5) is 0 Å². The van der Waals surface area contributed by atoms with Crippen molar-refractivity contribution in [3.05, 3.63) is 28.3 Å². The minimum atomic E-state index is -0.568. The monoisotopic (exact) mass is 188 g/mol. The van der Waals surface area contributed by atoms with Gasteiger partial charge >= 0.3 is 0 Å². The Kier molecular flexibility index (Phi) is 2.66. The highest BCUT2D eigenvalue weighted by atomic mass is 32.1. The number of nitro groups is 1. The van der Waals surface area contributed by atoms with Gasteiger partial charge in [-0.05, 0) is 0 Å². The molecule has 0 radical (unpaired) electrons. The van der Waals surface area contributed by atoms with Crippen LogP contribution < -0.4 is 5.73 Å². The molecule has 0 spiro atoms. The Morgan fingerprint density at radius 2 is 2.58 bits per heavy atom. The molecule has 0 aliphatic carbocycles. The van der Waals surface area contributed by atoms with Crippen molar-refractivity contribution in [1.82, 2.24) is 9.66 Å². The summed E-state index contributed by atoms with van der Waals surface area (Å²) < 4.78 is 0.810. The Bertz CT molecular complexity index is 287. The first-order chi connectivity index (χ1) is 5.66. The van der Waals surface area contributed by atoms with Crippen molar-refractivity contribution in [1.29, 1.82) is 0 Å². The minimum Gasteiger partial charge on any atom is -0.329 e. The summed E-state index contributed by atoms with van der Waals surface area (Å²) in [6.45, 7) is 0.216. The van der Waals surface area contributed by atoms with Gasteiger partial charge in [0.2, 0.25) is 0 Å². The second-order valence-corrected chi connectivity index (χ2v) is 2.74. The van der Waals surface area contributed by atoms with Crippen LogP contribution in [0.3, 0.4) is 0 Å². The molecular weight excluding hydrogens is 180 g/mol. The van der Waals surface area contributed by atoms with Crippen LogP contribution in [0, 0.1) is 10.1 Å². The summed E-state index contributed by atoms with van der Waals surface area (Å²) in [5.74, 6) is 0.255. The number of imidazole rings is 1. The van der Waals surface area contributed by atoms with Crippen LogP contribution in [-0.2, 0) is 0 Å². The van der Waals surface area contributed by atoms with Crippen LogP contribution in [0.5, 0.6) is 0 Å². The molecule has 6 nitrogen and oxygen atoms in total. The van der Waals surface area contributed by atoms with Crippen LogP contribution in [0.25, 0.3) is 0 Å². The van der Waals surface area contributed by atoms with Gasteiger partial charge < -0.3 is 5.73 Å². The van der Waals surface area contributed by atoms with E-state index in [0.717, 1.165) is 4.68 Å². The molecular formula is C5H8N4O2S. The molecule has 0 fully saturated rings. The fourth-order valence-electron chi connectivity index (χ4n) is 0.791. The first-order valence-electron chi connectivity index (χ1n) is 3.23. The number of thiol groups is 1. The molecule has 12 heavy (non-hydrogen) atoms. The van der Waals surface area contributed by atoms with E-state index in [1.807, 2.05) is 0 Å². The zero-order valence-electron chi connectivity index (χ0n) is 6.12. The largest absolute Gasteiger partial charge is 0.329 e. The molecule has 1 rings (SSSR count). The standard InChI is InChI=1S/C5H8N4O2S/c6-3-4(12)5-7-1-2-8(5)9(10)11/h1-2,4,12H,3,6H2. The summed E-state index contributed by atoms with van der Waals surface area (Å²) in [6.07, 6.45) is 2.60. The van der Waals surface area contributed by atoms with E-state index >= 15 is 0 Å². The molecule has 1 atom stereocenters. The molecule has 1 aromatic heterocycles. The fraction of sp³-hybridized carbons (Fsp3) is 0.400. The van der Waals surface area contributed by atoms with E-state index in [4.69, 9.17) is 5.73 Å². The predicted octanol–water partition coefficient (Wildman–Crippen LogP) is -0.148. The van der Waals surface area contributed by atoms with E-state index in [1.54, 1.807) is 0 Å². The van der Waals surface area contributed by atoms with Crippen LogP contribution in [0.1, 0.15) is 11.1 Å². The van der Waals surface area contributed by atoms with Crippen molar-refractivity contribution in [3.8, 4) is 0 Å². The summed E-state index contributed by atoms with van der Waals surface area (Å²) in [6, 6.07) is 0. The zero-order valence-corrected chi connectivity index (χ0v) is 7.02. The normalized spacial score (nSPS) is 12.8. The number of nitrogens with two attached hydrogens (primary N) is 1. The lowest BCUT2D eigenvalue weighted by molar-refractivity contribution is -0.543. The first kappa shape index (κ1) is 9.01. The molecule has 2 N–H and O–H groups in total. The molecule has 1 heterocycles. The molecule has 0 bridgehead atoms. The Hall–Kier alpha value is -1.08. The van der Waals surface area contributed by atoms with Crippen molar-refractivity contribution in [2.75, 3.05) is 6.54 Å². The molecule has 66 valence electrons. The Balaban J connectivity index is 2.98. The van der Waals surface area contributed by atoms with Gasteiger partial charge in [0, 0.05) is 6.54 Å². The maximum absolute atomic E-state index is 10.4. The third-order valence-electron chi connectivity index (χ3n) is 1.35. The summed E-state index contributed by atoms with van der Waals surface area (Å²) in [5.41, 5.74) is 5.28. The second kappa shape index (κ2) is 3.55. The Labute approximate surface area is 73.9 Å². The molecule has 7 heteroatoms. The average molecular weight is 188 g/mol. The molecule has 1 unspecified atom stereocenters. The summed E-state index contributed by atoms with van der Waals surface area (Å²) in [7, 11) is 0. The highest BCUT2D eigenvalue weighted by Gasteiger charge is 2.16. The average Bonchev–Trinajstić information content (AvgIpc) is 2.50. The van der Waals surface area contributed by atoms with E-state index in [9.17, 15) is 10.1 Å². The van der Waals surface area contributed by atoms with E-state index < -0.39 is 10.3 Å². The third-order valence-corrected chi connectivity index (χ3v) is 1.79. The van der Waals surface area contributed by atoms with Crippen LogP contribution in [0.2, 0.25) is 0 Å². The van der Waals surface area contributed by atoms with Crippen LogP contribution in [-0.4, -0.2) is 21.2 Å². The van der Waals surface area contributed by atoms with Crippen LogP contribution in [0.15, 0.2) is 12.4 Å². The van der Waals surface area contributed by atoms with Gasteiger partial charge in [0.05, 0.1) is 17.6 Å². The maximum Gasteiger partial charge on any atom is 0.189 e. The van der Waals surface area contributed by atoms with E-state index in [0.29, 0.717) is 0 Å². The Morgan fingerprint density at radius 1 is 1.92 bits per heavy atom. The molecule has 0 aliphatic heterocycles. The topological polar surface area (TPSA) is 87.0 Å². The number of hydrogen-bond acceptors (Lipinski definition) is 5. The lowest BCUT2D eigenvalue weighted by Crippen LogP contribution is -2.17. The highest BCUT2D eigenvalue weighted by Crippen LogP contribution is 2.15. The number of hydrogen-bond donors (Lipinski definition) is 2. The van der Waals surface area contributed by atoms with Crippen molar-refractivity contribution >= 4 is 12.6 Å².